The zero-order valence-electron chi connectivity index (χ0n) is 9.02. The van der Waals surface area contributed by atoms with Crippen LogP contribution in [0.4, 0.5) is 0 Å². The minimum absolute atomic E-state index is 0.199. The summed E-state index contributed by atoms with van der Waals surface area (Å²) < 4.78 is 21.6. The Bertz CT molecular complexity index is 505. The van der Waals surface area contributed by atoms with E-state index in [4.69, 9.17) is 19.6 Å². The van der Waals surface area contributed by atoms with Crippen LogP contribution < -0.4 is 0 Å². The van der Waals surface area contributed by atoms with Gasteiger partial charge >= 0.3 is 15.2 Å². The Kier molecular flexibility index (Phi) is 4.25. The van der Waals surface area contributed by atoms with E-state index in [0.717, 1.165) is 0 Å². The minimum atomic E-state index is -4.18. The number of hydrogen-bond donors (Lipinski definition) is 4. The highest BCUT2D eigenvalue weighted by atomic mass is 31.2. The van der Waals surface area contributed by atoms with Gasteiger partial charge in [0.1, 0.15) is 0 Å². The van der Waals surface area contributed by atoms with Crippen LogP contribution in [0.3, 0.4) is 0 Å². The van der Waals surface area contributed by atoms with Crippen LogP contribution in [0, 0.1) is 6.92 Å². The number of pyridine rings is 1. The predicted molar refractivity (Wildman–Crippen MR) is 60.5 cm³/mol. The topological polar surface area (TPSA) is 128 Å². The summed E-state index contributed by atoms with van der Waals surface area (Å²) in [6.45, 7) is 1.54. The standard InChI is InChI=1S/C8H13NO6P2/c1-6-7(4-16(10,11)12)2-3-8(9-6)5-17(13,14)15/h2-3H,4-5H2,1H3,(H2,10,11,12)(H2,13,14,15). The first kappa shape index (κ1) is 14.5. The van der Waals surface area contributed by atoms with E-state index < -0.39 is 27.5 Å². The summed E-state index contributed by atoms with van der Waals surface area (Å²) in [6, 6.07) is 2.78. The monoisotopic (exact) mass is 281 g/mol. The Morgan fingerprint density at radius 1 is 1.06 bits per heavy atom. The van der Waals surface area contributed by atoms with Gasteiger partial charge in [-0.2, -0.15) is 0 Å². The fraction of sp³-hybridized carbons (Fsp3) is 0.375. The second-order valence-electron chi connectivity index (χ2n) is 3.69. The molecular weight excluding hydrogens is 268 g/mol. The van der Waals surface area contributed by atoms with Gasteiger partial charge in [0.05, 0.1) is 18.0 Å². The van der Waals surface area contributed by atoms with E-state index in [-0.39, 0.29) is 5.69 Å². The molecule has 0 unspecified atom stereocenters. The SMILES string of the molecule is Cc1nc(CP(=O)(O)O)ccc1CP(=O)(O)O. The van der Waals surface area contributed by atoms with Crippen LogP contribution >= 0.6 is 15.2 Å². The number of hydrogen-bond acceptors (Lipinski definition) is 3. The first-order chi connectivity index (χ1) is 7.57. The molecule has 0 spiro atoms. The molecule has 7 nitrogen and oxygen atoms in total. The molecule has 0 bridgehead atoms. The lowest BCUT2D eigenvalue weighted by Gasteiger charge is -2.09. The van der Waals surface area contributed by atoms with Crippen molar-refractivity contribution in [2.24, 2.45) is 0 Å². The van der Waals surface area contributed by atoms with Gasteiger partial charge in [-0.3, -0.25) is 14.1 Å². The van der Waals surface area contributed by atoms with E-state index in [0.29, 0.717) is 11.3 Å². The molecule has 0 aliphatic rings. The maximum Gasteiger partial charge on any atom is 0.331 e. The molecule has 0 aromatic carbocycles. The van der Waals surface area contributed by atoms with Crippen molar-refractivity contribution >= 4 is 15.2 Å². The first-order valence-electron chi connectivity index (χ1n) is 4.61. The zero-order valence-corrected chi connectivity index (χ0v) is 10.8. The van der Waals surface area contributed by atoms with Crippen LogP contribution in [0.15, 0.2) is 12.1 Å². The smallest absolute Gasteiger partial charge is 0.324 e. The Labute approximate surface area is 97.8 Å². The highest BCUT2D eigenvalue weighted by molar-refractivity contribution is 7.51. The third-order valence-corrected chi connectivity index (χ3v) is 3.49. The highest BCUT2D eigenvalue weighted by Crippen LogP contribution is 2.41. The molecule has 17 heavy (non-hydrogen) atoms. The predicted octanol–water partition coefficient (Wildman–Crippen LogP) is 0.745. The summed E-state index contributed by atoms with van der Waals surface area (Å²) >= 11 is 0. The molecule has 0 saturated carbocycles. The molecule has 0 fully saturated rings. The number of aromatic nitrogens is 1. The molecule has 9 heteroatoms. The van der Waals surface area contributed by atoms with E-state index >= 15 is 0 Å². The van der Waals surface area contributed by atoms with Gasteiger partial charge in [0.2, 0.25) is 0 Å². The molecular formula is C8H13NO6P2. The van der Waals surface area contributed by atoms with Gasteiger partial charge in [-0.15, -0.1) is 0 Å². The molecule has 0 radical (unpaired) electrons. The lowest BCUT2D eigenvalue weighted by molar-refractivity contribution is 0.368. The number of rotatable bonds is 4. The fourth-order valence-corrected chi connectivity index (χ4v) is 2.71. The molecule has 96 valence electrons. The molecule has 1 aromatic heterocycles. The fourth-order valence-electron chi connectivity index (χ4n) is 1.33. The first-order valence-corrected chi connectivity index (χ1v) is 8.21. The average molecular weight is 281 g/mol. The third kappa shape index (κ3) is 5.55. The van der Waals surface area contributed by atoms with Crippen molar-refractivity contribution in [3.8, 4) is 0 Å². The maximum absolute atomic E-state index is 10.8. The molecule has 1 heterocycles. The molecule has 0 aliphatic carbocycles. The van der Waals surface area contributed by atoms with Gasteiger partial charge < -0.3 is 19.6 Å². The molecule has 1 rings (SSSR count). The van der Waals surface area contributed by atoms with Crippen molar-refractivity contribution in [1.29, 1.82) is 0 Å². The summed E-state index contributed by atoms with van der Waals surface area (Å²) in [6.07, 6.45) is -0.911. The van der Waals surface area contributed by atoms with Gasteiger partial charge in [0, 0.05) is 5.69 Å². The summed E-state index contributed by atoms with van der Waals surface area (Å²) in [5.74, 6) is 0. The van der Waals surface area contributed by atoms with Crippen molar-refractivity contribution in [3.05, 3.63) is 29.1 Å². The van der Waals surface area contributed by atoms with Crippen LogP contribution in [-0.4, -0.2) is 24.6 Å². The Hall–Kier alpha value is -0.550. The van der Waals surface area contributed by atoms with Crippen LogP contribution in [0.25, 0.3) is 0 Å². The van der Waals surface area contributed by atoms with E-state index in [1.165, 1.54) is 19.1 Å². The average Bonchev–Trinajstić information content (AvgIpc) is 2.05. The van der Waals surface area contributed by atoms with E-state index in [1.54, 1.807) is 0 Å². The van der Waals surface area contributed by atoms with Crippen molar-refractivity contribution in [2.75, 3.05) is 0 Å². The molecule has 0 aliphatic heterocycles. The summed E-state index contributed by atoms with van der Waals surface area (Å²) in [4.78, 5) is 39.1. The summed E-state index contributed by atoms with van der Waals surface area (Å²) in [7, 11) is -8.34. The molecule has 4 N–H and O–H groups in total. The molecule has 0 amide bonds. The molecule has 0 saturated heterocycles. The molecule has 1 aromatic rings. The van der Waals surface area contributed by atoms with Crippen LogP contribution in [0.2, 0.25) is 0 Å². The van der Waals surface area contributed by atoms with Gasteiger partial charge in [-0.25, -0.2) is 0 Å². The van der Waals surface area contributed by atoms with E-state index in [9.17, 15) is 9.13 Å². The second-order valence-corrected chi connectivity index (χ2v) is 6.98. The summed E-state index contributed by atoms with van der Waals surface area (Å²) in [5, 5.41) is 0. The maximum atomic E-state index is 10.8. The number of nitrogens with zero attached hydrogens (tertiary/aromatic N) is 1. The second kappa shape index (κ2) is 4.98. The largest absolute Gasteiger partial charge is 0.331 e. The van der Waals surface area contributed by atoms with Crippen LogP contribution in [0.5, 0.6) is 0 Å². The van der Waals surface area contributed by atoms with Gasteiger partial charge in [-0.1, -0.05) is 6.07 Å². The zero-order chi connectivity index (χ0) is 13.3. The van der Waals surface area contributed by atoms with Gasteiger partial charge in [-0.05, 0) is 18.6 Å². The van der Waals surface area contributed by atoms with Crippen molar-refractivity contribution in [1.82, 2.24) is 4.98 Å². The van der Waals surface area contributed by atoms with Crippen molar-refractivity contribution in [3.63, 3.8) is 0 Å². The van der Waals surface area contributed by atoms with Gasteiger partial charge in [0.25, 0.3) is 0 Å². The summed E-state index contributed by atoms with van der Waals surface area (Å²) in [5.41, 5.74) is 0.928. The Morgan fingerprint density at radius 3 is 2.00 bits per heavy atom. The van der Waals surface area contributed by atoms with Crippen molar-refractivity contribution in [2.45, 2.75) is 19.2 Å². The third-order valence-electron chi connectivity index (χ3n) is 2.00. The van der Waals surface area contributed by atoms with Crippen LogP contribution in [-0.2, 0) is 21.5 Å². The van der Waals surface area contributed by atoms with E-state index in [2.05, 4.69) is 4.98 Å². The van der Waals surface area contributed by atoms with Crippen molar-refractivity contribution < 1.29 is 28.7 Å². The minimum Gasteiger partial charge on any atom is -0.324 e. The highest BCUT2D eigenvalue weighted by Gasteiger charge is 2.18. The Balaban J connectivity index is 2.94. The lowest BCUT2D eigenvalue weighted by atomic mass is 10.2. The molecule has 0 atom stereocenters. The normalized spacial score (nSPS) is 12.8. The Morgan fingerprint density at radius 2 is 1.59 bits per heavy atom. The lowest BCUT2D eigenvalue weighted by Crippen LogP contribution is -1.98. The van der Waals surface area contributed by atoms with Gasteiger partial charge in [0.15, 0.2) is 0 Å². The quantitative estimate of drug-likeness (QED) is 0.599. The van der Waals surface area contributed by atoms with Crippen LogP contribution in [0.1, 0.15) is 17.0 Å². The number of aryl methyl sites for hydroxylation is 1. The van der Waals surface area contributed by atoms with E-state index in [1.807, 2.05) is 0 Å².